The van der Waals surface area contributed by atoms with E-state index < -0.39 is 0 Å². The predicted molar refractivity (Wildman–Crippen MR) is 88.8 cm³/mol. The van der Waals surface area contributed by atoms with Crippen LogP contribution in [0.4, 0.5) is 0 Å². The molecule has 2 aliphatic rings. The van der Waals surface area contributed by atoms with Gasteiger partial charge in [0.1, 0.15) is 0 Å². The monoisotopic (exact) mass is 299 g/mol. The van der Waals surface area contributed by atoms with Crippen molar-refractivity contribution in [3.63, 3.8) is 0 Å². The van der Waals surface area contributed by atoms with Gasteiger partial charge in [0.05, 0.1) is 12.2 Å². The molecule has 3 rings (SSSR count). The molecule has 3 nitrogen and oxygen atoms in total. The van der Waals surface area contributed by atoms with Crippen LogP contribution < -0.4 is 0 Å². The topological polar surface area (TPSA) is 29.5 Å². The summed E-state index contributed by atoms with van der Waals surface area (Å²) >= 11 is 0. The maximum absolute atomic E-state index is 11.6. The highest BCUT2D eigenvalue weighted by molar-refractivity contribution is 5.89. The molecule has 0 spiro atoms. The first kappa shape index (κ1) is 15.3. The molecule has 118 valence electrons. The van der Waals surface area contributed by atoms with E-state index in [0.29, 0.717) is 12.2 Å². The van der Waals surface area contributed by atoms with E-state index in [4.69, 9.17) is 4.74 Å². The van der Waals surface area contributed by atoms with Crippen LogP contribution >= 0.6 is 0 Å². The van der Waals surface area contributed by atoms with Gasteiger partial charge in [-0.05, 0) is 50.3 Å². The Balaban J connectivity index is 1.57. The summed E-state index contributed by atoms with van der Waals surface area (Å²) in [4.78, 5) is 14.3. The van der Waals surface area contributed by atoms with Gasteiger partial charge in [-0.3, -0.25) is 4.90 Å². The number of carbonyl (C=O) groups excluding carboxylic acids is 1. The minimum Gasteiger partial charge on any atom is -0.462 e. The fraction of sp³-hybridized carbons (Fsp3) is 0.526. The van der Waals surface area contributed by atoms with Gasteiger partial charge in [0.15, 0.2) is 0 Å². The van der Waals surface area contributed by atoms with Crippen LogP contribution in [-0.4, -0.2) is 36.6 Å². The molecular weight excluding hydrogens is 274 g/mol. The van der Waals surface area contributed by atoms with Crippen molar-refractivity contribution in [1.29, 1.82) is 0 Å². The molecule has 1 aromatic carbocycles. The number of likely N-dealkylation sites (tertiary alicyclic amines) is 1. The van der Waals surface area contributed by atoms with Gasteiger partial charge in [0.2, 0.25) is 0 Å². The van der Waals surface area contributed by atoms with E-state index in [-0.39, 0.29) is 5.97 Å². The van der Waals surface area contributed by atoms with E-state index >= 15 is 0 Å². The van der Waals surface area contributed by atoms with E-state index in [0.717, 1.165) is 6.04 Å². The fourth-order valence-electron chi connectivity index (χ4n) is 3.24. The summed E-state index contributed by atoms with van der Waals surface area (Å²) in [5.74, 6) is -0.240. The average molecular weight is 299 g/mol. The van der Waals surface area contributed by atoms with Crippen molar-refractivity contribution >= 4 is 12.0 Å². The summed E-state index contributed by atoms with van der Waals surface area (Å²) in [5, 5.41) is 0. The second-order valence-electron chi connectivity index (χ2n) is 6.27. The molecule has 0 amide bonds. The normalized spacial score (nSPS) is 19.6. The van der Waals surface area contributed by atoms with Crippen LogP contribution in [0.15, 0.2) is 29.8 Å². The van der Waals surface area contributed by atoms with Gasteiger partial charge in [0.25, 0.3) is 0 Å². The van der Waals surface area contributed by atoms with Gasteiger partial charge in [-0.25, -0.2) is 4.79 Å². The van der Waals surface area contributed by atoms with Gasteiger partial charge in [-0.1, -0.05) is 30.2 Å². The predicted octanol–water partition coefficient (Wildman–Crippen LogP) is 3.90. The standard InChI is InChI=1S/C19H25NO2/c1-2-22-19(21)17-8-6-15(7-9-17)14-16-10-12-20(13-11-16)18-4-3-5-18/h6-9,14,18H,2-5,10-13H2,1H3. The molecule has 0 atom stereocenters. The molecule has 1 aliphatic carbocycles. The number of hydrogen-bond acceptors (Lipinski definition) is 3. The maximum atomic E-state index is 11.6. The molecule has 0 radical (unpaired) electrons. The van der Waals surface area contributed by atoms with Crippen molar-refractivity contribution < 1.29 is 9.53 Å². The molecule has 0 aromatic heterocycles. The minimum atomic E-state index is -0.240. The summed E-state index contributed by atoms with van der Waals surface area (Å²) < 4.78 is 5.01. The van der Waals surface area contributed by atoms with Crippen molar-refractivity contribution in [2.75, 3.05) is 19.7 Å². The first-order valence-electron chi connectivity index (χ1n) is 8.47. The van der Waals surface area contributed by atoms with Crippen LogP contribution in [0.3, 0.4) is 0 Å². The smallest absolute Gasteiger partial charge is 0.338 e. The summed E-state index contributed by atoms with van der Waals surface area (Å²) in [7, 11) is 0. The Bertz CT molecular complexity index is 533. The number of esters is 1. The van der Waals surface area contributed by atoms with Crippen LogP contribution in [-0.2, 0) is 4.74 Å². The third kappa shape index (κ3) is 3.58. The van der Waals surface area contributed by atoms with Crippen molar-refractivity contribution in [2.24, 2.45) is 0 Å². The molecular formula is C19H25NO2. The van der Waals surface area contributed by atoms with E-state index in [1.165, 1.54) is 56.3 Å². The summed E-state index contributed by atoms with van der Waals surface area (Å²) in [6.07, 6.45) is 8.85. The molecule has 3 heteroatoms. The summed E-state index contributed by atoms with van der Waals surface area (Å²) in [6, 6.07) is 8.60. The second-order valence-corrected chi connectivity index (χ2v) is 6.27. The Morgan fingerprint density at radius 3 is 2.45 bits per heavy atom. The highest BCUT2D eigenvalue weighted by Crippen LogP contribution is 2.29. The van der Waals surface area contributed by atoms with Gasteiger partial charge in [0, 0.05) is 19.1 Å². The third-order valence-electron chi connectivity index (χ3n) is 4.82. The third-order valence-corrected chi connectivity index (χ3v) is 4.82. The quantitative estimate of drug-likeness (QED) is 0.790. The first-order chi connectivity index (χ1) is 10.8. The number of ether oxygens (including phenoxy) is 1. The van der Waals surface area contributed by atoms with E-state index in [1.807, 2.05) is 31.2 Å². The lowest BCUT2D eigenvalue weighted by atomic mass is 9.89. The molecule has 1 saturated carbocycles. The van der Waals surface area contributed by atoms with Crippen molar-refractivity contribution in [3.05, 3.63) is 41.0 Å². The zero-order chi connectivity index (χ0) is 15.4. The van der Waals surface area contributed by atoms with Crippen LogP contribution in [0, 0.1) is 0 Å². The Hall–Kier alpha value is -1.61. The lowest BCUT2D eigenvalue weighted by molar-refractivity contribution is 0.0526. The number of nitrogens with zero attached hydrogens (tertiary/aromatic N) is 1. The van der Waals surface area contributed by atoms with Gasteiger partial charge >= 0.3 is 5.97 Å². The Kier molecular flexibility index (Phi) is 4.94. The van der Waals surface area contributed by atoms with Crippen LogP contribution in [0.25, 0.3) is 6.08 Å². The van der Waals surface area contributed by atoms with Crippen LogP contribution in [0.5, 0.6) is 0 Å². The van der Waals surface area contributed by atoms with E-state index in [1.54, 1.807) is 0 Å². The Morgan fingerprint density at radius 2 is 1.91 bits per heavy atom. The zero-order valence-corrected chi connectivity index (χ0v) is 13.4. The zero-order valence-electron chi connectivity index (χ0n) is 13.4. The van der Waals surface area contributed by atoms with Crippen molar-refractivity contribution in [3.8, 4) is 0 Å². The van der Waals surface area contributed by atoms with Crippen molar-refractivity contribution in [1.82, 2.24) is 4.90 Å². The molecule has 1 aromatic rings. The lowest BCUT2D eigenvalue weighted by Gasteiger charge is -2.40. The molecule has 1 heterocycles. The second kappa shape index (κ2) is 7.10. The number of hydrogen-bond donors (Lipinski definition) is 0. The average Bonchev–Trinajstić information content (AvgIpc) is 2.48. The van der Waals surface area contributed by atoms with Gasteiger partial charge in [-0.2, -0.15) is 0 Å². The number of piperidine rings is 1. The summed E-state index contributed by atoms with van der Waals surface area (Å²) in [6.45, 7) is 4.66. The minimum absolute atomic E-state index is 0.240. The Labute approximate surface area is 133 Å². The van der Waals surface area contributed by atoms with E-state index in [2.05, 4.69) is 11.0 Å². The van der Waals surface area contributed by atoms with Crippen LogP contribution in [0.1, 0.15) is 54.9 Å². The van der Waals surface area contributed by atoms with E-state index in [9.17, 15) is 4.79 Å². The molecule has 0 N–H and O–H groups in total. The molecule has 0 unspecified atom stereocenters. The number of carbonyl (C=O) groups is 1. The largest absolute Gasteiger partial charge is 0.462 e. The summed E-state index contributed by atoms with van der Waals surface area (Å²) in [5.41, 5.74) is 3.34. The Morgan fingerprint density at radius 1 is 1.23 bits per heavy atom. The molecule has 2 fully saturated rings. The fourth-order valence-corrected chi connectivity index (χ4v) is 3.24. The number of rotatable bonds is 4. The molecule has 22 heavy (non-hydrogen) atoms. The van der Waals surface area contributed by atoms with Gasteiger partial charge in [-0.15, -0.1) is 0 Å². The highest BCUT2D eigenvalue weighted by atomic mass is 16.5. The maximum Gasteiger partial charge on any atom is 0.338 e. The van der Waals surface area contributed by atoms with Crippen LogP contribution in [0.2, 0.25) is 0 Å². The molecule has 1 aliphatic heterocycles. The lowest BCUT2D eigenvalue weighted by Crippen LogP contribution is -2.43. The molecule has 1 saturated heterocycles. The number of benzene rings is 1. The first-order valence-corrected chi connectivity index (χ1v) is 8.47. The van der Waals surface area contributed by atoms with Gasteiger partial charge < -0.3 is 4.74 Å². The van der Waals surface area contributed by atoms with Crippen molar-refractivity contribution in [2.45, 2.75) is 45.1 Å². The highest BCUT2D eigenvalue weighted by Gasteiger charge is 2.26. The SMILES string of the molecule is CCOC(=O)c1ccc(C=C2CCN(C3CCC3)CC2)cc1. The molecule has 0 bridgehead atoms.